The fourth-order valence-corrected chi connectivity index (χ4v) is 3.89. The molecule has 3 unspecified atom stereocenters. The summed E-state index contributed by atoms with van der Waals surface area (Å²) < 4.78 is 5.80. The summed E-state index contributed by atoms with van der Waals surface area (Å²) in [6.45, 7) is 7.71. The highest BCUT2D eigenvalue weighted by molar-refractivity contribution is 5.89. The standard InChI is InChI=1S/C19H26N4O2/c1-14-11-22(12-15(2)25-14)13-18-7-4-8-23(18)19(24)21-17-6-3-5-16(9-17)10-20/h3,5-6,9,14-15,18H,4,7-8,11-13H2,1-2H3,(H,21,24). The lowest BCUT2D eigenvalue weighted by Crippen LogP contribution is -2.51. The Morgan fingerprint density at radius 1 is 1.36 bits per heavy atom. The molecule has 1 N–H and O–H groups in total. The lowest BCUT2D eigenvalue weighted by Gasteiger charge is -2.38. The fourth-order valence-electron chi connectivity index (χ4n) is 3.89. The number of ether oxygens (including phenoxy) is 1. The lowest BCUT2D eigenvalue weighted by atomic mass is 10.1. The van der Waals surface area contributed by atoms with Crippen LogP contribution in [0.3, 0.4) is 0 Å². The number of likely N-dealkylation sites (tertiary alicyclic amines) is 1. The minimum absolute atomic E-state index is 0.0769. The number of anilines is 1. The van der Waals surface area contributed by atoms with Crippen molar-refractivity contribution in [3.63, 3.8) is 0 Å². The van der Waals surface area contributed by atoms with Gasteiger partial charge in [0.2, 0.25) is 0 Å². The molecule has 0 radical (unpaired) electrons. The fraction of sp³-hybridized carbons (Fsp3) is 0.579. The number of benzene rings is 1. The smallest absolute Gasteiger partial charge is 0.322 e. The Morgan fingerprint density at radius 3 is 2.84 bits per heavy atom. The van der Waals surface area contributed by atoms with Crippen molar-refractivity contribution in [3.05, 3.63) is 29.8 Å². The summed E-state index contributed by atoms with van der Waals surface area (Å²) in [6.07, 6.45) is 2.54. The molecule has 2 aliphatic rings. The second-order valence-corrected chi connectivity index (χ2v) is 7.09. The van der Waals surface area contributed by atoms with Gasteiger partial charge >= 0.3 is 6.03 Å². The van der Waals surface area contributed by atoms with Crippen LogP contribution in [0.4, 0.5) is 10.5 Å². The van der Waals surface area contributed by atoms with Crippen LogP contribution in [-0.2, 0) is 4.74 Å². The first-order chi connectivity index (χ1) is 12.0. The number of morpholine rings is 1. The number of urea groups is 1. The maximum absolute atomic E-state index is 12.7. The third-order valence-electron chi connectivity index (χ3n) is 4.85. The van der Waals surface area contributed by atoms with Gasteiger partial charge in [-0.2, -0.15) is 5.26 Å². The molecule has 0 bridgehead atoms. The maximum atomic E-state index is 12.7. The molecule has 2 amide bonds. The van der Waals surface area contributed by atoms with Crippen LogP contribution in [0, 0.1) is 11.3 Å². The molecule has 6 nitrogen and oxygen atoms in total. The molecule has 1 aromatic carbocycles. The van der Waals surface area contributed by atoms with E-state index in [0.717, 1.165) is 39.0 Å². The van der Waals surface area contributed by atoms with Gasteiger partial charge in [-0.15, -0.1) is 0 Å². The van der Waals surface area contributed by atoms with Crippen LogP contribution in [-0.4, -0.2) is 60.3 Å². The Balaban J connectivity index is 1.60. The summed E-state index contributed by atoms with van der Waals surface area (Å²) in [7, 11) is 0. The van der Waals surface area contributed by atoms with E-state index in [4.69, 9.17) is 10.00 Å². The minimum Gasteiger partial charge on any atom is -0.373 e. The van der Waals surface area contributed by atoms with E-state index in [1.54, 1.807) is 18.2 Å². The molecule has 6 heteroatoms. The largest absolute Gasteiger partial charge is 0.373 e. The molecule has 2 aliphatic heterocycles. The number of hydrogen-bond donors (Lipinski definition) is 1. The summed E-state index contributed by atoms with van der Waals surface area (Å²) in [5.41, 5.74) is 1.22. The van der Waals surface area contributed by atoms with Crippen molar-refractivity contribution in [2.75, 3.05) is 31.5 Å². The van der Waals surface area contributed by atoms with Gasteiger partial charge in [-0.1, -0.05) is 6.07 Å². The monoisotopic (exact) mass is 342 g/mol. The topological polar surface area (TPSA) is 68.6 Å². The van der Waals surface area contributed by atoms with Crippen molar-refractivity contribution >= 4 is 11.7 Å². The average molecular weight is 342 g/mol. The number of nitriles is 1. The van der Waals surface area contributed by atoms with Crippen LogP contribution in [0.25, 0.3) is 0 Å². The minimum atomic E-state index is -0.0769. The second-order valence-electron chi connectivity index (χ2n) is 7.09. The van der Waals surface area contributed by atoms with Crippen LogP contribution in [0.15, 0.2) is 24.3 Å². The van der Waals surface area contributed by atoms with E-state index in [9.17, 15) is 4.79 Å². The zero-order chi connectivity index (χ0) is 17.8. The molecule has 0 saturated carbocycles. The van der Waals surface area contributed by atoms with Crippen molar-refractivity contribution in [1.29, 1.82) is 5.26 Å². The zero-order valence-electron chi connectivity index (χ0n) is 14.9. The highest BCUT2D eigenvalue weighted by Gasteiger charge is 2.32. The number of rotatable bonds is 3. The Labute approximate surface area is 149 Å². The number of carbonyl (C=O) groups excluding carboxylic acids is 1. The van der Waals surface area contributed by atoms with Crippen molar-refractivity contribution in [2.24, 2.45) is 0 Å². The SMILES string of the molecule is CC1CN(CC2CCCN2C(=O)Nc2cccc(C#N)c2)CC(C)O1. The molecule has 0 aliphatic carbocycles. The van der Waals surface area contributed by atoms with Gasteiger partial charge in [-0.25, -0.2) is 4.79 Å². The normalized spacial score (nSPS) is 27.1. The molecule has 1 aromatic rings. The molecular formula is C19H26N4O2. The number of nitrogens with zero attached hydrogens (tertiary/aromatic N) is 3. The Bertz CT molecular complexity index is 647. The molecule has 3 atom stereocenters. The summed E-state index contributed by atoms with van der Waals surface area (Å²) in [5.74, 6) is 0. The molecule has 0 aromatic heterocycles. The van der Waals surface area contributed by atoms with Gasteiger partial charge in [0, 0.05) is 37.9 Å². The highest BCUT2D eigenvalue weighted by atomic mass is 16.5. The van der Waals surface area contributed by atoms with Crippen LogP contribution >= 0.6 is 0 Å². The summed E-state index contributed by atoms with van der Waals surface area (Å²) in [4.78, 5) is 17.0. The van der Waals surface area contributed by atoms with Gasteiger partial charge < -0.3 is 15.0 Å². The van der Waals surface area contributed by atoms with Crippen molar-refractivity contribution < 1.29 is 9.53 Å². The van der Waals surface area contributed by atoms with Crippen LogP contribution in [0.2, 0.25) is 0 Å². The van der Waals surface area contributed by atoms with E-state index < -0.39 is 0 Å². The maximum Gasteiger partial charge on any atom is 0.322 e. The first kappa shape index (κ1) is 17.7. The first-order valence-electron chi connectivity index (χ1n) is 9.00. The van der Waals surface area contributed by atoms with Gasteiger partial charge in [-0.05, 0) is 44.9 Å². The predicted octanol–water partition coefficient (Wildman–Crippen LogP) is 2.66. The third-order valence-corrected chi connectivity index (χ3v) is 4.85. The van der Waals surface area contributed by atoms with E-state index in [2.05, 4.69) is 30.1 Å². The van der Waals surface area contributed by atoms with Gasteiger partial charge in [0.05, 0.1) is 23.8 Å². The number of hydrogen-bond acceptors (Lipinski definition) is 4. The Morgan fingerprint density at radius 2 is 2.12 bits per heavy atom. The van der Waals surface area contributed by atoms with Crippen molar-refractivity contribution in [1.82, 2.24) is 9.80 Å². The van der Waals surface area contributed by atoms with E-state index in [-0.39, 0.29) is 24.3 Å². The van der Waals surface area contributed by atoms with Crippen LogP contribution in [0.1, 0.15) is 32.3 Å². The number of nitrogens with one attached hydrogen (secondary N) is 1. The van der Waals surface area contributed by atoms with E-state index >= 15 is 0 Å². The quantitative estimate of drug-likeness (QED) is 0.917. The third kappa shape index (κ3) is 4.50. The Kier molecular flexibility index (Phi) is 5.57. The van der Waals surface area contributed by atoms with E-state index in [1.165, 1.54) is 0 Å². The average Bonchev–Trinajstić information content (AvgIpc) is 3.02. The van der Waals surface area contributed by atoms with E-state index in [1.807, 2.05) is 11.0 Å². The lowest BCUT2D eigenvalue weighted by molar-refractivity contribution is -0.0712. The zero-order valence-corrected chi connectivity index (χ0v) is 14.9. The highest BCUT2D eigenvalue weighted by Crippen LogP contribution is 2.22. The van der Waals surface area contributed by atoms with Crippen LogP contribution < -0.4 is 5.32 Å². The van der Waals surface area contributed by atoms with Gasteiger partial charge in [-0.3, -0.25) is 4.90 Å². The molecule has 2 heterocycles. The molecule has 134 valence electrons. The summed E-state index contributed by atoms with van der Waals surface area (Å²) in [5, 5.41) is 11.9. The number of amides is 2. The van der Waals surface area contributed by atoms with Gasteiger partial charge in [0.15, 0.2) is 0 Å². The molecule has 2 fully saturated rings. The second kappa shape index (κ2) is 7.85. The van der Waals surface area contributed by atoms with Crippen molar-refractivity contribution in [2.45, 2.75) is 44.9 Å². The molecule has 0 spiro atoms. The first-order valence-corrected chi connectivity index (χ1v) is 9.00. The molecule has 3 rings (SSSR count). The van der Waals surface area contributed by atoms with Crippen molar-refractivity contribution in [3.8, 4) is 6.07 Å². The summed E-state index contributed by atoms with van der Waals surface area (Å²) in [6, 6.07) is 9.29. The predicted molar refractivity (Wildman–Crippen MR) is 96.4 cm³/mol. The Hall–Kier alpha value is -2.10. The summed E-state index contributed by atoms with van der Waals surface area (Å²) >= 11 is 0. The van der Waals surface area contributed by atoms with Gasteiger partial charge in [0.25, 0.3) is 0 Å². The molecule has 2 saturated heterocycles. The van der Waals surface area contributed by atoms with E-state index in [0.29, 0.717) is 11.3 Å². The number of carbonyl (C=O) groups is 1. The molecular weight excluding hydrogens is 316 g/mol. The van der Waals surface area contributed by atoms with Crippen LogP contribution in [0.5, 0.6) is 0 Å². The molecule has 25 heavy (non-hydrogen) atoms. The van der Waals surface area contributed by atoms with Gasteiger partial charge in [0.1, 0.15) is 0 Å².